The third-order valence-corrected chi connectivity index (χ3v) is 5.37. The van der Waals surface area contributed by atoms with Gasteiger partial charge in [0.25, 0.3) is 0 Å². The lowest BCUT2D eigenvalue weighted by Gasteiger charge is -2.15. The number of hydrogen-bond donors (Lipinski definition) is 1. The van der Waals surface area contributed by atoms with Gasteiger partial charge >= 0.3 is 0 Å². The highest BCUT2D eigenvalue weighted by Crippen LogP contribution is 2.32. The first kappa shape index (κ1) is 17.6. The molecule has 1 aromatic heterocycles. The number of amides is 1. The van der Waals surface area contributed by atoms with E-state index in [0.29, 0.717) is 23.6 Å². The summed E-state index contributed by atoms with van der Waals surface area (Å²) < 4.78 is 11.3. The van der Waals surface area contributed by atoms with Crippen molar-refractivity contribution in [1.29, 1.82) is 0 Å². The molecule has 0 bridgehead atoms. The zero-order valence-electron chi connectivity index (χ0n) is 13.5. The van der Waals surface area contributed by atoms with E-state index in [-0.39, 0.29) is 11.2 Å². The summed E-state index contributed by atoms with van der Waals surface area (Å²) in [5, 5.41) is 11.6. The molecule has 1 heterocycles. The van der Waals surface area contributed by atoms with Gasteiger partial charge in [0.2, 0.25) is 5.91 Å². The van der Waals surface area contributed by atoms with E-state index in [0.717, 1.165) is 9.35 Å². The summed E-state index contributed by atoms with van der Waals surface area (Å²) in [7, 11) is 3.14. The van der Waals surface area contributed by atoms with Crippen LogP contribution in [0.1, 0.15) is 18.4 Å². The lowest BCUT2D eigenvalue weighted by molar-refractivity contribution is -0.115. The average Bonchev–Trinajstić information content (AvgIpc) is 2.97. The maximum absolute atomic E-state index is 12.6. The Balaban J connectivity index is 2.12. The van der Waals surface area contributed by atoms with Crippen molar-refractivity contribution in [3.63, 3.8) is 0 Å². The van der Waals surface area contributed by atoms with E-state index in [1.807, 2.05) is 13.8 Å². The topological polar surface area (TPSA) is 73.3 Å². The number of nitrogens with one attached hydrogen (secondary N) is 1. The highest BCUT2D eigenvalue weighted by atomic mass is 32.2. The van der Waals surface area contributed by atoms with E-state index < -0.39 is 0 Å². The maximum atomic E-state index is 12.6. The van der Waals surface area contributed by atoms with E-state index in [1.54, 1.807) is 32.4 Å². The van der Waals surface area contributed by atoms with Crippen molar-refractivity contribution in [3.05, 3.63) is 23.2 Å². The van der Waals surface area contributed by atoms with E-state index in [2.05, 4.69) is 15.5 Å². The molecule has 1 atom stereocenters. The third-order valence-electron chi connectivity index (χ3n) is 3.08. The van der Waals surface area contributed by atoms with Crippen molar-refractivity contribution >= 4 is 34.7 Å². The smallest absolute Gasteiger partial charge is 0.238 e. The van der Waals surface area contributed by atoms with Crippen LogP contribution >= 0.6 is 23.1 Å². The molecule has 0 saturated heterocycles. The summed E-state index contributed by atoms with van der Waals surface area (Å²) in [4.78, 5) is 12.6. The zero-order valence-corrected chi connectivity index (χ0v) is 15.1. The van der Waals surface area contributed by atoms with E-state index in [4.69, 9.17) is 9.47 Å². The Morgan fingerprint density at radius 2 is 2.13 bits per heavy atom. The minimum Gasteiger partial charge on any atom is -0.497 e. The molecule has 124 valence electrons. The van der Waals surface area contributed by atoms with Crippen LogP contribution in [0.3, 0.4) is 0 Å². The second-order valence-electron chi connectivity index (χ2n) is 4.66. The molecule has 0 spiro atoms. The van der Waals surface area contributed by atoms with Crippen molar-refractivity contribution in [2.45, 2.75) is 29.9 Å². The van der Waals surface area contributed by atoms with Crippen molar-refractivity contribution < 1.29 is 14.3 Å². The largest absolute Gasteiger partial charge is 0.497 e. The van der Waals surface area contributed by atoms with Crippen LogP contribution in [0.4, 0.5) is 5.69 Å². The van der Waals surface area contributed by atoms with E-state index in [9.17, 15) is 4.79 Å². The standard InChI is InChI=1S/C15H19N3O3S2/c1-5-13(23-15-18-17-9(2)22-15)14(19)16-11-8-10(20-3)6-7-12(11)21-4/h6-8,13H,5H2,1-4H3,(H,16,19). The molecule has 0 aliphatic carbocycles. The van der Waals surface area contributed by atoms with Gasteiger partial charge in [0.15, 0.2) is 4.34 Å². The normalized spacial score (nSPS) is 11.8. The van der Waals surface area contributed by atoms with Crippen LogP contribution in [0.25, 0.3) is 0 Å². The Kier molecular flexibility index (Phi) is 6.23. The number of thioether (sulfide) groups is 1. The molecule has 1 aromatic carbocycles. The number of carbonyl (C=O) groups excluding carboxylic acids is 1. The van der Waals surface area contributed by atoms with Gasteiger partial charge in [-0.3, -0.25) is 4.79 Å². The molecule has 1 amide bonds. The van der Waals surface area contributed by atoms with Crippen molar-refractivity contribution in [1.82, 2.24) is 10.2 Å². The van der Waals surface area contributed by atoms with Gasteiger partial charge in [-0.1, -0.05) is 30.0 Å². The summed E-state index contributed by atoms with van der Waals surface area (Å²) in [6.45, 7) is 3.86. The minimum absolute atomic E-state index is 0.100. The second kappa shape index (κ2) is 8.16. The predicted octanol–water partition coefficient (Wildman–Crippen LogP) is 3.37. The SMILES string of the molecule is CCC(Sc1nnc(C)s1)C(=O)Nc1cc(OC)ccc1OC. The van der Waals surface area contributed by atoms with Gasteiger partial charge in [0, 0.05) is 6.07 Å². The Hall–Kier alpha value is -1.80. The first-order chi connectivity index (χ1) is 11.1. The van der Waals surface area contributed by atoms with Gasteiger partial charge in [-0.05, 0) is 25.5 Å². The minimum atomic E-state index is -0.252. The number of benzene rings is 1. The summed E-state index contributed by atoms with van der Waals surface area (Å²) >= 11 is 2.91. The van der Waals surface area contributed by atoms with Crippen LogP contribution < -0.4 is 14.8 Å². The van der Waals surface area contributed by atoms with E-state index in [1.165, 1.54) is 23.1 Å². The molecule has 8 heteroatoms. The lowest BCUT2D eigenvalue weighted by atomic mass is 10.2. The van der Waals surface area contributed by atoms with Crippen LogP contribution in [-0.2, 0) is 4.79 Å². The second-order valence-corrected chi connectivity index (χ2v) is 7.29. The number of rotatable bonds is 7. The molecule has 0 fully saturated rings. The monoisotopic (exact) mass is 353 g/mol. The first-order valence-corrected chi connectivity index (χ1v) is 8.76. The molecule has 1 N–H and O–H groups in total. The van der Waals surface area contributed by atoms with Gasteiger partial charge in [-0.2, -0.15) is 0 Å². The Morgan fingerprint density at radius 1 is 1.35 bits per heavy atom. The Bertz CT molecular complexity index is 676. The molecule has 6 nitrogen and oxygen atoms in total. The molecule has 23 heavy (non-hydrogen) atoms. The Morgan fingerprint density at radius 3 is 2.70 bits per heavy atom. The summed E-state index contributed by atoms with van der Waals surface area (Å²) in [5.41, 5.74) is 0.587. The summed E-state index contributed by atoms with van der Waals surface area (Å²) in [6.07, 6.45) is 0.682. The van der Waals surface area contributed by atoms with Gasteiger partial charge < -0.3 is 14.8 Å². The molecular formula is C15H19N3O3S2. The summed E-state index contributed by atoms with van der Waals surface area (Å²) in [5.74, 6) is 1.14. The number of methoxy groups -OCH3 is 2. The van der Waals surface area contributed by atoms with Crippen LogP contribution in [0.15, 0.2) is 22.5 Å². The number of anilines is 1. The molecule has 2 rings (SSSR count). The van der Waals surface area contributed by atoms with Gasteiger partial charge in [-0.25, -0.2) is 0 Å². The fourth-order valence-electron chi connectivity index (χ4n) is 1.89. The molecule has 2 aromatic rings. The Labute approximate surface area is 143 Å². The van der Waals surface area contributed by atoms with Crippen LogP contribution in [0, 0.1) is 6.92 Å². The molecule has 0 radical (unpaired) electrons. The number of aryl methyl sites for hydroxylation is 1. The average molecular weight is 353 g/mol. The fraction of sp³-hybridized carbons (Fsp3) is 0.400. The van der Waals surface area contributed by atoms with Gasteiger partial charge in [-0.15, -0.1) is 10.2 Å². The highest BCUT2D eigenvalue weighted by molar-refractivity contribution is 8.02. The molecule has 0 aliphatic heterocycles. The van der Waals surface area contributed by atoms with Crippen molar-refractivity contribution in [2.75, 3.05) is 19.5 Å². The van der Waals surface area contributed by atoms with Crippen molar-refractivity contribution in [3.8, 4) is 11.5 Å². The van der Waals surface area contributed by atoms with Crippen LogP contribution in [0.2, 0.25) is 0 Å². The van der Waals surface area contributed by atoms with Gasteiger partial charge in [0.05, 0.1) is 25.2 Å². The molecule has 1 unspecified atom stereocenters. The number of aromatic nitrogens is 2. The first-order valence-electron chi connectivity index (χ1n) is 7.07. The fourth-order valence-corrected chi connectivity index (χ4v) is 3.88. The lowest BCUT2D eigenvalue weighted by Crippen LogP contribution is -2.24. The number of ether oxygens (including phenoxy) is 2. The number of nitrogens with zero attached hydrogens (tertiary/aromatic N) is 2. The maximum Gasteiger partial charge on any atom is 0.238 e. The molecular weight excluding hydrogens is 334 g/mol. The van der Waals surface area contributed by atoms with Crippen LogP contribution in [-0.4, -0.2) is 35.6 Å². The highest BCUT2D eigenvalue weighted by Gasteiger charge is 2.21. The quantitative estimate of drug-likeness (QED) is 0.769. The number of hydrogen-bond acceptors (Lipinski definition) is 7. The van der Waals surface area contributed by atoms with E-state index >= 15 is 0 Å². The van der Waals surface area contributed by atoms with Gasteiger partial charge in [0.1, 0.15) is 16.5 Å². The third kappa shape index (κ3) is 4.59. The van der Waals surface area contributed by atoms with Crippen molar-refractivity contribution in [2.24, 2.45) is 0 Å². The zero-order chi connectivity index (χ0) is 16.8. The number of carbonyl (C=O) groups is 1. The predicted molar refractivity (Wildman–Crippen MR) is 92.8 cm³/mol. The summed E-state index contributed by atoms with van der Waals surface area (Å²) in [6, 6.07) is 5.28. The molecule has 0 aliphatic rings. The molecule has 0 saturated carbocycles. The van der Waals surface area contributed by atoms with Crippen LogP contribution in [0.5, 0.6) is 11.5 Å².